The van der Waals surface area contributed by atoms with E-state index < -0.39 is 0 Å². The topological polar surface area (TPSA) is 44.6 Å². The van der Waals surface area contributed by atoms with Gasteiger partial charge in [-0.3, -0.25) is 4.79 Å². The van der Waals surface area contributed by atoms with Crippen molar-refractivity contribution in [2.75, 3.05) is 43.5 Å². The number of carbonyl (C=O) groups is 1. The van der Waals surface area contributed by atoms with Gasteiger partial charge < -0.3 is 14.7 Å². The lowest BCUT2D eigenvalue weighted by Gasteiger charge is -2.36. The van der Waals surface area contributed by atoms with Crippen molar-refractivity contribution in [2.45, 2.75) is 40.3 Å². The number of alkyl halides is 1. The highest BCUT2D eigenvalue weighted by Gasteiger charge is 2.28. The lowest BCUT2D eigenvalue weighted by Crippen LogP contribution is -2.47. The van der Waals surface area contributed by atoms with Crippen LogP contribution in [0.25, 0.3) is 5.69 Å². The average molecular weight is 436 g/mol. The molecule has 2 heterocycles. The van der Waals surface area contributed by atoms with Crippen LogP contribution in [0.2, 0.25) is 0 Å². The van der Waals surface area contributed by atoms with Gasteiger partial charge in [-0.2, -0.15) is 5.10 Å². The Balaban J connectivity index is 2.06. The van der Waals surface area contributed by atoms with Gasteiger partial charge in [-0.25, -0.2) is 9.07 Å². The van der Waals surface area contributed by atoms with E-state index in [1.807, 2.05) is 31.5 Å². The van der Waals surface area contributed by atoms with E-state index in [-0.39, 0.29) is 23.6 Å². The molecule has 0 N–H and O–H groups in total. The molecule has 3 rings (SSSR count). The standard InChI is InChI=1S/C22H31ClFN5O/c1-5-26-9-11-27(12-10-26)22-20(15-28(16(2)3)21(30)14-23)17(4)25-29(22)19-8-6-7-18(24)13-19/h6-8,13,16H,5,9-12,14-15H2,1-4H3. The van der Waals surface area contributed by atoms with Crippen LogP contribution in [0.1, 0.15) is 32.0 Å². The van der Waals surface area contributed by atoms with Gasteiger partial charge in [0.05, 0.1) is 17.9 Å². The Kier molecular flexibility index (Phi) is 7.36. The van der Waals surface area contributed by atoms with E-state index >= 15 is 0 Å². The molecule has 1 aliphatic rings. The summed E-state index contributed by atoms with van der Waals surface area (Å²) in [5, 5.41) is 4.76. The fraction of sp³-hybridized carbons (Fsp3) is 0.545. The van der Waals surface area contributed by atoms with E-state index in [9.17, 15) is 9.18 Å². The third-order valence-corrected chi connectivity index (χ3v) is 5.94. The number of halogens is 2. The smallest absolute Gasteiger partial charge is 0.238 e. The van der Waals surface area contributed by atoms with Crippen molar-refractivity contribution >= 4 is 23.3 Å². The van der Waals surface area contributed by atoms with Crippen LogP contribution >= 0.6 is 11.6 Å². The SMILES string of the molecule is CCN1CCN(c2c(CN(C(=O)CCl)C(C)C)c(C)nn2-c2cccc(F)c2)CC1. The number of carbonyl (C=O) groups excluding carboxylic acids is 1. The highest BCUT2D eigenvalue weighted by atomic mass is 35.5. The minimum Gasteiger partial charge on any atom is -0.354 e. The summed E-state index contributed by atoms with van der Waals surface area (Å²) in [6, 6.07) is 6.48. The second kappa shape index (κ2) is 9.79. The van der Waals surface area contributed by atoms with Crippen LogP contribution < -0.4 is 4.90 Å². The molecule has 0 unspecified atom stereocenters. The lowest BCUT2D eigenvalue weighted by molar-refractivity contribution is -0.130. The largest absolute Gasteiger partial charge is 0.354 e. The van der Waals surface area contributed by atoms with Crippen molar-refractivity contribution in [3.8, 4) is 5.69 Å². The van der Waals surface area contributed by atoms with Crippen LogP contribution in [0.15, 0.2) is 24.3 Å². The van der Waals surface area contributed by atoms with E-state index in [1.165, 1.54) is 12.1 Å². The van der Waals surface area contributed by atoms with Crippen LogP contribution in [-0.4, -0.2) is 70.1 Å². The van der Waals surface area contributed by atoms with Crippen LogP contribution in [0, 0.1) is 12.7 Å². The fourth-order valence-electron chi connectivity index (χ4n) is 3.93. The van der Waals surface area contributed by atoms with Crippen molar-refractivity contribution in [1.29, 1.82) is 0 Å². The molecule has 30 heavy (non-hydrogen) atoms. The summed E-state index contributed by atoms with van der Waals surface area (Å²) in [4.78, 5) is 18.9. The molecule has 8 heteroatoms. The zero-order valence-electron chi connectivity index (χ0n) is 18.2. The number of aryl methyl sites for hydroxylation is 1. The molecule has 0 aliphatic carbocycles. The first kappa shape index (κ1) is 22.6. The Labute approximate surface area is 183 Å². The van der Waals surface area contributed by atoms with Gasteiger partial charge in [-0.05, 0) is 45.5 Å². The molecular weight excluding hydrogens is 405 g/mol. The molecule has 0 spiro atoms. The fourth-order valence-corrected chi connectivity index (χ4v) is 4.08. The maximum absolute atomic E-state index is 14.0. The highest BCUT2D eigenvalue weighted by molar-refractivity contribution is 6.27. The van der Waals surface area contributed by atoms with Gasteiger partial charge in [0.15, 0.2) is 0 Å². The molecule has 1 fully saturated rings. The second-order valence-electron chi connectivity index (χ2n) is 7.95. The van der Waals surface area contributed by atoms with Crippen molar-refractivity contribution in [3.63, 3.8) is 0 Å². The first-order valence-corrected chi connectivity index (χ1v) is 11.1. The van der Waals surface area contributed by atoms with Crippen LogP contribution in [0.3, 0.4) is 0 Å². The number of aromatic nitrogens is 2. The number of piperazine rings is 1. The molecule has 1 saturated heterocycles. The number of anilines is 1. The van der Waals surface area contributed by atoms with Gasteiger partial charge in [-0.15, -0.1) is 11.6 Å². The molecule has 164 valence electrons. The lowest BCUT2D eigenvalue weighted by atomic mass is 10.1. The number of hydrogen-bond donors (Lipinski definition) is 0. The quantitative estimate of drug-likeness (QED) is 0.625. The summed E-state index contributed by atoms with van der Waals surface area (Å²) in [5.41, 5.74) is 2.49. The third kappa shape index (κ3) is 4.78. The van der Waals surface area contributed by atoms with E-state index in [0.717, 1.165) is 49.8 Å². The normalized spacial score (nSPS) is 15.1. The number of nitrogens with zero attached hydrogens (tertiary/aromatic N) is 5. The predicted octanol–water partition coefficient (Wildman–Crippen LogP) is 3.44. The minimum atomic E-state index is -0.301. The summed E-state index contributed by atoms with van der Waals surface area (Å²) in [5.74, 6) is 0.470. The Hall–Kier alpha value is -2.12. The summed E-state index contributed by atoms with van der Waals surface area (Å²) in [6.07, 6.45) is 0. The molecule has 1 amide bonds. The molecule has 0 radical (unpaired) electrons. The van der Waals surface area contributed by atoms with Crippen molar-refractivity contribution < 1.29 is 9.18 Å². The summed E-state index contributed by atoms with van der Waals surface area (Å²) >= 11 is 5.87. The molecule has 2 aromatic rings. The van der Waals surface area contributed by atoms with Gasteiger partial charge in [0.1, 0.15) is 17.5 Å². The van der Waals surface area contributed by atoms with Crippen molar-refractivity contribution in [1.82, 2.24) is 19.6 Å². The molecular formula is C22H31ClFN5O. The van der Waals surface area contributed by atoms with Crippen LogP contribution in [-0.2, 0) is 11.3 Å². The number of benzene rings is 1. The van der Waals surface area contributed by atoms with E-state index in [2.05, 4.69) is 16.7 Å². The maximum Gasteiger partial charge on any atom is 0.238 e. The molecule has 1 aromatic carbocycles. The number of amides is 1. The molecule has 1 aliphatic heterocycles. The Morgan fingerprint density at radius 2 is 1.97 bits per heavy atom. The maximum atomic E-state index is 14.0. The zero-order valence-corrected chi connectivity index (χ0v) is 19.0. The van der Waals surface area contributed by atoms with Gasteiger partial charge in [0.25, 0.3) is 0 Å². The second-order valence-corrected chi connectivity index (χ2v) is 8.22. The van der Waals surface area contributed by atoms with E-state index in [1.54, 1.807) is 11.0 Å². The van der Waals surface area contributed by atoms with Gasteiger partial charge in [-0.1, -0.05) is 13.0 Å². The number of rotatable bonds is 7. The van der Waals surface area contributed by atoms with Crippen molar-refractivity contribution in [2.24, 2.45) is 0 Å². The number of hydrogen-bond acceptors (Lipinski definition) is 4. The summed E-state index contributed by atoms with van der Waals surface area (Å²) in [6.45, 7) is 13.1. The Morgan fingerprint density at radius 1 is 1.27 bits per heavy atom. The molecule has 6 nitrogen and oxygen atoms in total. The molecule has 1 aromatic heterocycles. The Bertz CT molecular complexity index is 876. The third-order valence-electron chi connectivity index (χ3n) is 5.72. The van der Waals surface area contributed by atoms with Crippen LogP contribution in [0.4, 0.5) is 10.2 Å². The monoisotopic (exact) mass is 435 g/mol. The van der Waals surface area contributed by atoms with Crippen molar-refractivity contribution in [3.05, 3.63) is 41.3 Å². The van der Waals surface area contributed by atoms with Gasteiger partial charge in [0, 0.05) is 37.8 Å². The predicted molar refractivity (Wildman–Crippen MR) is 119 cm³/mol. The van der Waals surface area contributed by atoms with Gasteiger partial charge >= 0.3 is 0 Å². The van der Waals surface area contributed by atoms with Gasteiger partial charge in [0.2, 0.25) is 5.91 Å². The number of likely N-dealkylation sites (N-methyl/N-ethyl adjacent to an activating group) is 1. The van der Waals surface area contributed by atoms with E-state index in [4.69, 9.17) is 16.7 Å². The molecule has 0 bridgehead atoms. The first-order chi connectivity index (χ1) is 14.3. The summed E-state index contributed by atoms with van der Waals surface area (Å²) < 4.78 is 15.8. The van der Waals surface area contributed by atoms with E-state index in [0.29, 0.717) is 12.2 Å². The zero-order chi connectivity index (χ0) is 21.8. The highest BCUT2D eigenvalue weighted by Crippen LogP contribution is 2.30. The minimum absolute atomic E-state index is 0.0120. The first-order valence-electron chi connectivity index (χ1n) is 10.5. The summed E-state index contributed by atoms with van der Waals surface area (Å²) in [7, 11) is 0. The Morgan fingerprint density at radius 3 is 2.53 bits per heavy atom. The van der Waals surface area contributed by atoms with Crippen LogP contribution in [0.5, 0.6) is 0 Å². The average Bonchev–Trinajstić information content (AvgIpc) is 3.07. The molecule has 0 saturated carbocycles. The molecule has 0 atom stereocenters.